The lowest BCUT2D eigenvalue weighted by atomic mass is 9.73. The highest BCUT2D eigenvalue weighted by Crippen LogP contribution is 2.44. The van der Waals surface area contributed by atoms with Gasteiger partial charge >= 0.3 is 12.1 Å². The molecular weight excluding hydrogens is 432 g/mol. The summed E-state index contributed by atoms with van der Waals surface area (Å²) >= 11 is 0. The highest BCUT2D eigenvalue weighted by molar-refractivity contribution is 5.84. The molecule has 0 radical (unpaired) electrons. The van der Waals surface area contributed by atoms with Crippen molar-refractivity contribution >= 4 is 18.0 Å². The number of hydrogen-bond donors (Lipinski definition) is 3. The van der Waals surface area contributed by atoms with E-state index in [4.69, 9.17) is 9.84 Å². The third-order valence-electron chi connectivity index (χ3n) is 7.17. The number of ether oxygens (including phenoxy) is 1. The minimum Gasteiger partial charge on any atom is -0.481 e. The number of fused-ring (bicyclic) bond motifs is 3. The van der Waals surface area contributed by atoms with Crippen LogP contribution in [0.4, 0.5) is 4.79 Å². The number of carbonyl (C=O) groups is 3. The Morgan fingerprint density at radius 2 is 1.50 bits per heavy atom. The molecule has 0 spiro atoms. The van der Waals surface area contributed by atoms with Gasteiger partial charge in [0.15, 0.2) is 0 Å². The van der Waals surface area contributed by atoms with Gasteiger partial charge in [0.25, 0.3) is 0 Å². The molecule has 2 aromatic carbocycles. The molecular formula is C27H34N2O5. The zero-order chi connectivity index (χ0) is 25.1. The SMILES string of the molecule is CC(CCNC(=O)C(C)(C)C(C)(C)NC(=O)OCC1c2ccccc2-c2ccccc21)C(=O)O. The highest BCUT2D eigenvalue weighted by atomic mass is 16.5. The predicted molar refractivity (Wildman–Crippen MR) is 130 cm³/mol. The number of carboxylic acid groups (broad SMARTS) is 1. The molecule has 0 aliphatic heterocycles. The number of alkyl carbamates (subject to hydrolysis) is 1. The van der Waals surface area contributed by atoms with Crippen LogP contribution >= 0.6 is 0 Å². The second kappa shape index (κ2) is 9.87. The van der Waals surface area contributed by atoms with Crippen molar-refractivity contribution in [3.63, 3.8) is 0 Å². The molecule has 2 amide bonds. The smallest absolute Gasteiger partial charge is 0.407 e. The van der Waals surface area contributed by atoms with Crippen molar-refractivity contribution in [1.29, 1.82) is 0 Å². The second-order valence-electron chi connectivity index (χ2n) is 9.98. The van der Waals surface area contributed by atoms with Crippen LogP contribution in [0.15, 0.2) is 48.5 Å². The van der Waals surface area contributed by atoms with Crippen LogP contribution in [0.1, 0.15) is 58.1 Å². The lowest BCUT2D eigenvalue weighted by molar-refractivity contribution is -0.141. The largest absolute Gasteiger partial charge is 0.481 e. The van der Waals surface area contributed by atoms with Gasteiger partial charge in [-0.1, -0.05) is 55.5 Å². The molecule has 7 heteroatoms. The van der Waals surface area contributed by atoms with Gasteiger partial charge in [0.2, 0.25) is 5.91 Å². The summed E-state index contributed by atoms with van der Waals surface area (Å²) < 4.78 is 5.64. The molecule has 1 aliphatic carbocycles. The Labute approximate surface area is 200 Å². The number of carboxylic acids is 1. The Balaban J connectivity index is 1.60. The van der Waals surface area contributed by atoms with E-state index in [1.807, 2.05) is 24.3 Å². The van der Waals surface area contributed by atoms with Crippen LogP contribution in [0.5, 0.6) is 0 Å². The van der Waals surface area contributed by atoms with Crippen molar-refractivity contribution in [3.05, 3.63) is 59.7 Å². The van der Waals surface area contributed by atoms with Crippen LogP contribution in [-0.4, -0.2) is 41.8 Å². The quantitative estimate of drug-likeness (QED) is 0.503. The van der Waals surface area contributed by atoms with Crippen LogP contribution in [0.2, 0.25) is 0 Å². The lowest BCUT2D eigenvalue weighted by Crippen LogP contribution is -2.59. The average Bonchev–Trinajstić information content (AvgIpc) is 3.10. The maximum absolute atomic E-state index is 12.8. The fourth-order valence-electron chi connectivity index (χ4n) is 4.08. The van der Waals surface area contributed by atoms with E-state index in [9.17, 15) is 14.4 Å². The zero-order valence-corrected chi connectivity index (χ0v) is 20.5. The average molecular weight is 467 g/mol. The monoisotopic (exact) mass is 466 g/mol. The van der Waals surface area contributed by atoms with E-state index in [-0.39, 0.29) is 25.0 Å². The summed E-state index contributed by atoms with van der Waals surface area (Å²) in [5.41, 5.74) is 2.69. The summed E-state index contributed by atoms with van der Waals surface area (Å²) in [5.74, 6) is -1.76. The number of amides is 2. The fraction of sp³-hybridized carbons (Fsp3) is 0.444. The van der Waals surface area contributed by atoms with Crippen LogP contribution < -0.4 is 10.6 Å². The van der Waals surface area contributed by atoms with Crippen LogP contribution in [0.3, 0.4) is 0 Å². The van der Waals surface area contributed by atoms with Gasteiger partial charge in [0.05, 0.1) is 16.9 Å². The standard InChI is InChI=1S/C27H34N2O5/c1-17(23(30)31)14-15-28-24(32)26(2,3)27(4,5)29-25(33)34-16-22-20-12-8-6-10-18(20)19-11-7-9-13-21(19)22/h6-13,17,22H,14-16H2,1-5H3,(H,28,32)(H,29,33)(H,30,31). The van der Waals surface area contributed by atoms with Crippen LogP contribution in [-0.2, 0) is 14.3 Å². The molecule has 1 unspecified atom stereocenters. The van der Waals surface area contributed by atoms with E-state index in [0.717, 1.165) is 22.3 Å². The molecule has 0 bridgehead atoms. The molecule has 1 atom stereocenters. The van der Waals surface area contributed by atoms with Gasteiger partial charge < -0.3 is 20.5 Å². The zero-order valence-electron chi connectivity index (χ0n) is 20.5. The molecule has 3 N–H and O–H groups in total. The van der Waals surface area contributed by atoms with Gasteiger partial charge in [-0.15, -0.1) is 0 Å². The van der Waals surface area contributed by atoms with E-state index in [2.05, 4.69) is 34.9 Å². The van der Waals surface area contributed by atoms with Gasteiger partial charge in [-0.2, -0.15) is 0 Å². The van der Waals surface area contributed by atoms with Gasteiger partial charge in [-0.3, -0.25) is 9.59 Å². The molecule has 0 saturated heterocycles. The number of aliphatic carboxylic acids is 1. The van der Waals surface area contributed by atoms with Gasteiger partial charge in [0.1, 0.15) is 6.61 Å². The Bertz CT molecular complexity index is 1030. The normalized spacial score (nSPS) is 14.0. The number of benzene rings is 2. The molecule has 0 heterocycles. The summed E-state index contributed by atoms with van der Waals surface area (Å²) in [7, 11) is 0. The highest BCUT2D eigenvalue weighted by Gasteiger charge is 2.44. The first-order valence-corrected chi connectivity index (χ1v) is 11.6. The van der Waals surface area contributed by atoms with Crippen molar-refractivity contribution in [3.8, 4) is 11.1 Å². The van der Waals surface area contributed by atoms with Crippen molar-refractivity contribution in [1.82, 2.24) is 10.6 Å². The first-order valence-electron chi connectivity index (χ1n) is 11.6. The minimum absolute atomic E-state index is 0.0474. The number of carbonyl (C=O) groups excluding carboxylic acids is 2. The molecule has 182 valence electrons. The Hall–Kier alpha value is -3.35. The summed E-state index contributed by atoms with van der Waals surface area (Å²) in [6.45, 7) is 9.07. The molecule has 2 aromatic rings. The van der Waals surface area contributed by atoms with E-state index in [1.54, 1.807) is 34.6 Å². The predicted octanol–water partition coefficient (Wildman–Crippen LogP) is 4.56. The number of hydrogen-bond acceptors (Lipinski definition) is 4. The van der Waals surface area contributed by atoms with Crippen LogP contribution in [0.25, 0.3) is 11.1 Å². The van der Waals surface area contributed by atoms with E-state index in [1.165, 1.54) is 0 Å². The van der Waals surface area contributed by atoms with Crippen molar-refractivity contribution < 1.29 is 24.2 Å². The Kier molecular flexibility index (Phi) is 7.34. The maximum Gasteiger partial charge on any atom is 0.407 e. The van der Waals surface area contributed by atoms with E-state index < -0.39 is 28.9 Å². The van der Waals surface area contributed by atoms with Gasteiger partial charge in [-0.05, 0) is 56.4 Å². The molecule has 34 heavy (non-hydrogen) atoms. The summed E-state index contributed by atoms with van der Waals surface area (Å²) in [5, 5.41) is 14.6. The van der Waals surface area contributed by atoms with E-state index in [0.29, 0.717) is 6.42 Å². The topological polar surface area (TPSA) is 105 Å². The first-order chi connectivity index (χ1) is 16.0. The second-order valence-corrected chi connectivity index (χ2v) is 9.98. The van der Waals surface area contributed by atoms with E-state index >= 15 is 0 Å². The molecule has 0 fully saturated rings. The van der Waals surface area contributed by atoms with Crippen molar-refractivity contribution in [2.45, 2.75) is 52.5 Å². The van der Waals surface area contributed by atoms with Gasteiger partial charge in [-0.25, -0.2) is 4.79 Å². The lowest BCUT2D eigenvalue weighted by Gasteiger charge is -2.40. The maximum atomic E-state index is 12.8. The molecule has 1 aliphatic rings. The molecule has 0 aromatic heterocycles. The molecule has 0 saturated carbocycles. The summed E-state index contributed by atoms with van der Waals surface area (Å²) in [4.78, 5) is 36.6. The van der Waals surface area contributed by atoms with Crippen molar-refractivity contribution in [2.75, 3.05) is 13.2 Å². The Morgan fingerprint density at radius 1 is 0.971 bits per heavy atom. The molecule has 3 rings (SSSR count). The third-order valence-corrected chi connectivity index (χ3v) is 7.17. The molecule has 7 nitrogen and oxygen atoms in total. The summed E-state index contributed by atoms with van der Waals surface area (Å²) in [6.07, 6.45) is -0.260. The Morgan fingerprint density at radius 3 is 2.03 bits per heavy atom. The first kappa shape index (κ1) is 25.3. The van der Waals surface area contributed by atoms with Gasteiger partial charge in [0, 0.05) is 12.5 Å². The summed E-state index contributed by atoms with van der Waals surface area (Å²) in [6, 6.07) is 16.3. The minimum atomic E-state index is -0.967. The van der Waals surface area contributed by atoms with Crippen molar-refractivity contribution in [2.24, 2.45) is 11.3 Å². The third kappa shape index (κ3) is 5.08. The van der Waals surface area contributed by atoms with Crippen LogP contribution in [0, 0.1) is 11.3 Å². The number of nitrogens with one attached hydrogen (secondary N) is 2. The fourth-order valence-corrected chi connectivity index (χ4v) is 4.08. The number of rotatable bonds is 9.